The molecule has 154 valence electrons. The van der Waals surface area contributed by atoms with Gasteiger partial charge in [0.25, 0.3) is 5.91 Å². The van der Waals surface area contributed by atoms with Crippen LogP contribution in [0.5, 0.6) is 0 Å². The van der Waals surface area contributed by atoms with Gasteiger partial charge in [-0.15, -0.1) is 11.3 Å². The Hall–Kier alpha value is -2.84. The van der Waals surface area contributed by atoms with Gasteiger partial charge < -0.3 is 15.4 Å². The highest BCUT2D eigenvalue weighted by Gasteiger charge is 2.43. The molecule has 5 heterocycles. The normalized spacial score (nSPS) is 17.7. The van der Waals surface area contributed by atoms with Crippen LogP contribution in [0.1, 0.15) is 39.3 Å². The molecule has 0 saturated carbocycles. The van der Waals surface area contributed by atoms with Crippen molar-refractivity contribution in [3.63, 3.8) is 0 Å². The van der Waals surface area contributed by atoms with Gasteiger partial charge in [0.05, 0.1) is 34.0 Å². The smallest absolute Gasteiger partial charge is 0.257 e. The fraction of sp³-hybridized carbons (Fsp3) is 0.364. The summed E-state index contributed by atoms with van der Waals surface area (Å²) in [5.41, 5.74) is 8.99. The van der Waals surface area contributed by atoms with Crippen LogP contribution in [0.25, 0.3) is 10.6 Å². The largest absolute Gasteiger partial charge is 0.384 e. The lowest BCUT2D eigenvalue weighted by Gasteiger charge is -2.44. The van der Waals surface area contributed by atoms with E-state index in [1.165, 1.54) is 16.8 Å². The number of pyridine rings is 1. The van der Waals surface area contributed by atoms with Crippen LogP contribution in [0.2, 0.25) is 0 Å². The first-order valence-electron chi connectivity index (χ1n) is 10.1. The van der Waals surface area contributed by atoms with E-state index in [2.05, 4.69) is 21.0 Å². The summed E-state index contributed by atoms with van der Waals surface area (Å²) in [6.45, 7) is 3.84. The lowest BCUT2D eigenvalue weighted by atomic mass is 9.82. The zero-order valence-electron chi connectivity index (χ0n) is 16.8. The Morgan fingerprint density at radius 3 is 2.90 bits per heavy atom. The molecule has 3 aromatic rings. The molecule has 30 heavy (non-hydrogen) atoms. The van der Waals surface area contributed by atoms with E-state index in [1.54, 1.807) is 23.6 Å². The van der Waals surface area contributed by atoms with Gasteiger partial charge in [0.15, 0.2) is 0 Å². The molecule has 8 heteroatoms. The van der Waals surface area contributed by atoms with Crippen LogP contribution in [-0.4, -0.2) is 45.5 Å². The number of aryl methyl sites for hydroxylation is 1. The molecule has 0 bridgehead atoms. The third kappa shape index (κ3) is 3.26. The second-order valence-corrected chi connectivity index (χ2v) is 8.94. The van der Waals surface area contributed by atoms with Gasteiger partial charge in [0.1, 0.15) is 12.1 Å². The molecule has 3 aromatic heterocycles. The van der Waals surface area contributed by atoms with E-state index in [0.717, 1.165) is 29.8 Å². The Bertz CT molecular complexity index is 1100. The highest BCUT2D eigenvalue weighted by atomic mass is 32.1. The highest BCUT2D eigenvalue weighted by molar-refractivity contribution is 7.15. The van der Waals surface area contributed by atoms with Crippen molar-refractivity contribution in [2.45, 2.75) is 31.8 Å². The maximum absolute atomic E-state index is 12.9. The molecule has 0 aromatic carbocycles. The van der Waals surface area contributed by atoms with E-state index < -0.39 is 0 Å². The maximum Gasteiger partial charge on any atom is 0.257 e. The number of rotatable bonds is 2. The lowest BCUT2D eigenvalue weighted by Crippen LogP contribution is -2.48. The number of nitrogen functional groups attached to an aromatic ring is 1. The number of carbonyl (C=O) groups is 1. The second kappa shape index (κ2) is 7.45. The molecule has 1 saturated heterocycles. The van der Waals surface area contributed by atoms with E-state index in [-0.39, 0.29) is 11.5 Å². The number of fused-ring (bicyclic) bond motifs is 2. The highest BCUT2D eigenvalue weighted by Crippen LogP contribution is 2.46. The zero-order chi connectivity index (χ0) is 20.7. The van der Waals surface area contributed by atoms with Gasteiger partial charge in [-0.25, -0.2) is 15.0 Å². The summed E-state index contributed by atoms with van der Waals surface area (Å²) >= 11 is 1.78. The van der Waals surface area contributed by atoms with Gasteiger partial charge in [-0.1, -0.05) is 6.07 Å². The van der Waals surface area contributed by atoms with Gasteiger partial charge >= 0.3 is 0 Å². The number of aromatic nitrogens is 3. The minimum absolute atomic E-state index is 0.00560. The first-order valence-corrected chi connectivity index (χ1v) is 10.9. The number of ether oxygens (including phenoxy) is 1. The van der Waals surface area contributed by atoms with Crippen LogP contribution < -0.4 is 5.73 Å². The molecule has 5 rings (SSSR count). The molecule has 0 unspecified atom stereocenters. The number of thiophene rings is 1. The molecule has 2 N–H and O–H groups in total. The van der Waals surface area contributed by atoms with E-state index in [4.69, 9.17) is 10.5 Å². The van der Waals surface area contributed by atoms with Crippen molar-refractivity contribution in [1.29, 1.82) is 0 Å². The van der Waals surface area contributed by atoms with Crippen LogP contribution in [0.4, 0.5) is 5.82 Å². The third-order valence-electron chi connectivity index (χ3n) is 6.03. The number of nitrogens with two attached hydrogens (primary N) is 1. The molecule has 2 aliphatic rings. The molecule has 1 amide bonds. The number of piperidine rings is 1. The van der Waals surface area contributed by atoms with Crippen LogP contribution in [0.15, 0.2) is 36.8 Å². The van der Waals surface area contributed by atoms with Crippen molar-refractivity contribution in [2.75, 3.05) is 25.4 Å². The quantitative estimate of drug-likeness (QED) is 0.683. The van der Waals surface area contributed by atoms with Crippen molar-refractivity contribution in [3.05, 3.63) is 58.5 Å². The molecule has 1 fully saturated rings. The number of anilines is 1. The zero-order valence-corrected chi connectivity index (χ0v) is 17.6. The predicted octanol–water partition coefficient (Wildman–Crippen LogP) is 3.19. The minimum Gasteiger partial charge on any atom is -0.384 e. The average Bonchev–Trinajstić information content (AvgIpc) is 3.21. The Labute approximate surface area is 178 Å². The van der Waals surface area contributed by atoms with Crippen molar-refractivity contribution < 1.29 is 9.53 Å². The van der Waals surface area contributed by atoms with Crippen LogP contribution in [0.3, 0.4) is 0 Å². The Morgan fingerprint density at radius 2 is 2.13 bits per heavy atom. The van der Waals surface area contributed by atoms with Crippen molar-refractivity contribution >= 4 is 23.1 Å². The Balaban J connectivity index is 1.39. The first kappa shape index (κ1) is 19.1. The molecule has 1 spiro atoms. The topological polar surface area (TPSA) is 94.2 Å². The Kier molecular flexibility index (Phi) is 4.75. The Morgan fingerprint density at radius 1 is 1.30 bits per heavy atom. The van der Waals surface area contributed by atoms with E-state index in [1.807, 2.05) is 24.0 Å². The SMILES string of the molecule is Cc1ncncc1C(=O)N1CCC2(CC1)OCCc1sc(-c3cccc(N)n3)cc12. The number of likely N-dealkylation sites (tertiary alicyclic amines) is 1. The number of nitrogens with zero attached hydrogens (tertiary/aromatic N) is 4. The van der Waals surface area contributed by atoms with E-state index in [0.29, 0.717) is 36.8 Å². The van der Waals surface area contributed by atoms with Gasteiger partial charge in [-0.3, -0.25) is 4.79 Å². The fourth-order valence-corrected chi connectivity index (χ4v) is 5.59. The van der Waals surface area contributed by atoms with Crippen molar-refractivity contribution in [1.82, 2.24) is 19.9 Å². The maximum atomic E-state index is 12.9. The molecular formula is C22H23N5O2S. The van der Waals surface area contributed by atoms with Crippen molar-refractivity contribution in [3.8, 4) is 10.6 Å². The van der Waals surface area contributed by atoms with Crippen LogP contribution in [-0.2, 0) is 16.8 Å². The standard InChI is InChI=1S/C22H23N5O2S/c1-14-15(12-24-13-25-14)21(28)27-8-6-22(7-9-27)16-11-19(30-18(16)5-10-29-22)17-3-2-4-20(23)26-17/h2-4,11-13H,5-10H2,1H3,(H2,23,26). The lowest BCUT2D eigenvalue weighted by molar-refractivity contribution is -0.0926. The number of hydrogen-bond acceptors (Lipinski definition) is 7. The monoisotopic (exact) mass is 421 g/mol. The number of amides is 1. The summed E-state index contributed by atoms with van der Waals surface area (Å²) in [5.74, 6) is 0.519. The first-order chi connectivity index (χ1) is 14.6. The van der Waals surface area contributed by atoms with Gasteiger partial charge in [-0.2, -0.15) is 0 Å². The molecule has 0 atom stereocenters. The van der Waals surface area contributed by atoms with Crippen LogP contribution >= 0.6 is 11.3 Å². The summed E-state index contributed by atoms with van der Waals surface area (Å²) in [5, 5.41) is 0. The second-order valence-electron chi connectivity index (χ2n) is 7.80. The number of hydrogen-bond donors (Lipinski definition) is 1. The minimum atomic E-state index is -0.332. The van der Waals surface area contributed by atoms with Gasteiger partial charge in [0.2, 0.25) is 0 Å². The van der Waals surface area contributed by atoms with Crippen molar-refractivity contribution in [2.24, 2.45) is 0 Å². The summed E-state index contributed by atoms with van der Waals surface area (Å²) in [6, 6.07) is 7.94. The van der Waals surface area contributed by atoms with Crippen LogP contribution in [0, 0.1) is 6.92 Å². The molecule has 7 nitrogen and oxygen atoms in total. The van der Waals surface area contributed by atoms with Gasteiger partial charge in [0, 0.05) is 30.6 Å². The van der Waals surface area contributed by atoms with E-state index in [9.17, 15) is 4.79 Å². The molecule has 2 aliphatic heterocycles. The third-order valence-corrected chi connectivity index (χ3v) is 7.25. The summed E-state index contributed by atoms with van der Waals surface area (Å²) in [7, 11) is 0. The number of carbonyl (C=O) groups excluding carboxylic acids is 1. The molecule has 0 radical (unpaired) electrons. The summed E-state index contributed by atoms with van der Waals surface area (Å²) in [4.78, 5) is 30.0. The predicted molar refractivity (Wildman–Crippen MR) is 115 cm³/mol. The molecular weight excluding hydrogens is 398 g/mol. The van der Waals surface area contributed by atoms with E-state index >= 15 is 0 Å². The summed E-state index contributed by atoms with van der Waals surface area (Å²) < 4.78 is 6.36. The fourth-order valence-electron chi connectivity index (χ4n) is 4.39. The summed E-state index contributed by atoms with van der Waals surface area (Å²) in [6.07, 6.45) is 5.54. The molecule has 0 aliphatic carbocycles. The van der Waals surface area contributed by atoms with Gasteiger partial charge in [-0.05, 0) is 43.5 Å². The average molecular weight is 422 g/mol.